The zero-order valence-corrected chi connectivity index (χ0v) is 9.48. The van der Waals surface area contributed by atoms with Crippen molar-refractivity contribution in [3.8, 4) is 0 Å². The first-order chi connectivity index (χ1) is 8.59. The Hall–Kier alpha value is -1.85. The fraction of sp³-hybridized carbons (Fsp3) is 0.500. The van der Waals surface area contributed by atoms with E-state index in [4.69, 9.17) is 9.84 Å². The molecule has 96 valence electrons. The molecular formula is C12H12FNO4. The third-order valence-corrected chi connectivity index (χ3v) is 3.80. The number of nitrogens with one attached hydrogen (secondary N) is 1. The summed E-state index contributed by atoms with van der Waals surface area (Å²) in [7, 11) is 0. The van der Waals surface area contributed by atoms with Gasteiger partial charge < -0.3 is 15.2 Å². The Morgan fingerprint density at radius 2 is 2.33 bits per heavy atom. The summed E-state index contributed by atoms with van der Waals surface area (Å²) in [5, 5.41) is 11.6. The van der Waals surface area contributed by atoms with Gasteiger partial charge in [0.05, 0.1) is 6.61 Å². The van der Waals surface area contributed by atoms with Gasteiger partial charge in [-0.3, -0.25) is 9.59 Å². The number of rotatable bonds is 2. The Bertz CT molecular complexity index is 496. The topological polar surface area (TPSA) is 75.6 Å². The molecule has 0 aromatic heterocycles. The molecule has 1 saturated heterocycles. The zero-order valence-electron chi connectivity index (χ0n) is 9.48. The second-order valence-electron chi connectivity index (χ2n) is 4.72. The first-order valence-electron chi connectivity index (χ1n) is 5.83. The van der Waals surface area contributed by atoms with Crippen molar-refractivity contribution in [2.75, 3.05) is 13.2 Å². The summed E-state index contributed by atoms with van der Waals surface area (Å²) in [5.41, 5.74) is 0.792. The summed E-state index contributed by atoms with van der Waals surface area (Å²) in [6.07, 6.45) is 1.91. The van der Waals surface area contributed by atoms with E-state index in [1.807, 2.05) is 0 Å². The summed E-state index contributed by atoms with van der Waals surface area (Å²) in [5.74, 6) is -3.98. The van der Waals surface area contributed by atoms with E-state index in [0.29, 0.717) is 18.8 Å². The van der Waals surface area contributed by atoms with Crippen LogP contribution in [0, 0.1) is 17.8 Å². The van der Waals surface area contributed by atoms with Gasteiger partial charge in [0.15, 0.2) is 0 Å². The summed E-state index contributed by atoms with van der Waals surface area (Å²) >= 11 is 0. The van der Waals surface area contributed by atoms with Gasteiger partial charge in [0.1, 0.15) is 17.5 Å². The second-order valence-corrected chi connectivity index (χ2v) is 4.72. The van der Waals surface area contributed by atoms with Gasteiger partial charge in [-0.2, -0.15) is 0 Å². The molecule has 2 N–H and O–H groups in total. The molecule has 0 spiro atoms. The zero-order chi connectivity index (χ0) is 12.9. The maximum atomic E-state index is 13.9. The molecular weight excluding hydrogens is 241 g/mol. The van der Waals surface area contributed by atoms with Crippen molar-refractivity contribution >= 4 is 11.9 Å². The summed E-state index contributed by atoms with van der Waals surface area (Å²) in [6, 6.07) is 0. The highest BCUT2D eigenvalue weighted by Gasteiger charge is 2.49. The predicted molar refractivity (Wildman–Crippen MR) is 57.9 cm³/mol. The average molecular weight is 253 g/mol. The van der Waals surface area contributed by atoms with Crippen LogP contribution in [-0.2, 0) is 14.3 Å². The van der Waals surface area contributed by atoms with E-state index in [9.17, 15) is 14.0 Å². The van der Waals surface area contributed by atoms with Gasteiger partial charge in [0.25, 0.3) is 0 Å². The van der Waals surface area contributed by atoms with E-state index in [2.05, 4.69) is 5.32 Å². The molecule has 6 heteroatoms. The van der Waals surface area contributed by atoms with Crippen molar-refractivity contribution in [3.63, 3.8) is 0 Å². The maximum absolute atomic E-state index is 13.9. The summed E-state index contributed by atoms with van der Waals surface area (Å²) < 4.78 is 19.2. The first kappa shape index (κ1) is 11.3. The van der Waals surface area contributed by atoms with Crippen LogP contribution in [0.15, 0.2) is 23.2 Å². The molecule has 1 fully saturated rings. The quantitative estimate of drug-likeness (QED) is 0.706. The molecule has 2 unspecified atom stereocenters. The first-order valence-corrected chi connectivity index (χ1v) is 5.83. The van der Waals surface area contributed by atoms with Crippen molar-refractivity contribution in [3.05, 3.63) is 23.2 Å². The number of carbonyl (C=O) groups excluding carboxylic acids is 1. The molecule has 1 aliphatic carbocycles. The molecule has 2 heterocycles. The molecule has 2 aliphatic heterocycles. The summed E-state index contributed by atoms with van der Waals surface area (Å²) in [4.78, 5) is 22.6. The number of hydrogen-bond acceptors (Lipinski definition) is 3. The van der Waals surface area contributed by atoms with Crippen LogP contribution in [0.4, 0.5) is 4.39 Å². The molecule has 0 aromatic rings. The van der Waals surface area contributed by atoms with Crippen molar-refractivity contribution in [1.82, 2.24) is 5.32 Å². The number of ether oxygens (including phenoxy) is 1. The number of hydrogen-bond donors (Lipinski definition) is 2. The Labute approximate surface area is 102 Å². The van der Waals surface area contributed by atoms with Gasteiger partial charge in [0, 0.05) is 30.9 Å². The van der Waals surface area contributed by atoms with Crippen molar-refractivity contribution in [2.24, 2.45) is 17.8 Å². The monoisotopic (exact) mass is 253 g/mol. The highest BCUT2D eigenvalue weighted by Crippen LogP contribution is 2.46. The van der Waals surface area contributed by atoms with Gasteiger partial charge in [-0.15, -0.1) is 0 Å². The van der Waals surface area contributed by atoms with Crippen LogP contribution in [0.1, 0.15) is 6.42 Å². The lowest BCUT2D eigenvalue weighted by Crippen LogP contribution is -2.31. The molecule has 3 aliphatic rings. The van der Waals surface area contributed by atoms with Crippen LogP contribution in [0.3, 0.4) is 0 Å². The van der Waals surface area contributed by atoms with Crippen molar-refractivity contribution in [2.45, 2.75) is 6.42 Å². The largest absolute Gasteiger partial charge is 0.493 e. The normalized spacial score (nSPS) is 34.2. The van der Waals surface area contributed by atoms with E-state index in [1.165, 1.54) is 6.08 Å². The molecule has 18 heavy (non-hydrogen) atoms. The lowest BCUT2D eigenvalue weighted by molar-refractivity contribution is -0.147. The number of aliphatic carboxylic acids is 1. The standard InChI is InChI=1S/C12H12FNO4/c13-7-3-8-5(1-2-18-8)9(7)6-4-14-11(15)10(6)12(16)17/h3,6,9-10H,1-2,4H2,(H,14,15)(H,16,17)/t6?,9?,10-/m0/s1. The molecule has 3 rings (SSSR count). The Kier molecular flexibility index (Phi) is 2.39. The van der Waals surface area contributed by atoms with E-state index >= 15 is 0 Å². The molecule has 0 radical (unpaired) electrons. The van der Waals surface area contributed by atoms with Gasteiger partial charge in [-0.05, 0) is 5.57 Å². The molecule has 0 bridgehead atoms. The van der Waals surface area contributed by atoms with Crippen LogP contribution in [0.25, 0.3) is 0 Å². The minimum Gasteiger partial charge on any atom is -0.493 e. The minimum absolute atomic E-state index is 0.193. The van der Waals surface area contributed by atoms with Gasteiger partial charge in [-0.1, -0.05) is 0 Å². The van der Waals surface area contributed by atoms with Crippen LogP contribution in [0.2, 0.25) is 0 Å². The maximum Gasteiger partial charge on any atom is 0.316 e. The predicted octanol–water partition coefficient (Wildman–Crippen LogP) is 0.591. The van der Waals surface area contributed by atoms with Crippen LogP contribution in [0.5, 0.6) is 0 Å². The van der Waals surface area contributed by atoms with Crippen LogP contribution >= 0.6 is 0 Å². The Morgan fingerprint density at radius 1 is 1.56 bits per heavy atom. The van der Waals surface area contributed by atoms with Crippen LogP contribution < -0.4 is 5.32 Å². The smallest absolute Gasteiger partial charge is 0.316 e. The fourth-order valence-electron chi connectivity index (χ4n) is 3.02. The van der Waals surface area contributed by atoms with Gasteiger partial charge >= 0.3 is 5.97 Å². The summed E-state index contributed by atoms with van der Waals surface area (Å²) in [6.45, 7) is 0.690. The number of carboxylic acid groups (broad SMARTS) is 1. The van der Waals surface area contributed by atoms with E-state index < -0.39 is 35.5 Å². The number of allylic oxidation sites excluding steroid dienone is 2. The van der Waals surface area contributed by atoms with Crippen LogP contribution in [-0.4, -0.2) is 30.1 Å². The third kappa shape index (κ3) is 1.45. The molecule has 3 atom stereocenters. The average Bonchev–Trinajstić information content (AvgIpc) is 2.92. The van der Waals surface area contributed by atoms with E-state index in [0.717, 1.165) is 5.57 Å². The minimum atomic E-state index is -1.20. The number of carbonyl (C=O) groups is 2. The Morgan fingerprint density at radius 3 is 3.06 bits per heavy atom. The molecule has 5 nitrogen and oxygen atoms in total. The molecule has 0 saturated carbocycles. The third-order valence-electron chi connectivity index (χ3n) is 3.80. The van der Waals surface area contributed by atoms with E-state index in [-0.39, 0.29) is 6.54 Å². The van der Waals surface area contributed by atoms with Crippen molar-refractivity contribution in [1.29, 1.82) is 0 Å². The number of amides is 1. The lowest BCUT2D eigenvalue weighted by Gasteiger charge is -2.22. The second kappa shape index (κ2) is 3.83. The molecule has 1 amide bonds. The van der Waals surface area contributed by atoms with Crippen molar-refractivity contribution < 1.29 is 23.8 Å². The van der Waals surface area contributed by atoms with E-state index in [1.54, 1.807) is 0 Å². The molecule has 0 aromatic carbocycles. The SMILES string of the molecule is O=C(O)[C@@H]1C(=O)NCC1C1C(F)=CC2=C1CCO2. The van der Waals surface area contributed by atoms with Gasteiger partial charge in [-0.25, -0.2) is 4.39 Å². The highest BCUT2D eigenvalue weighted by molar-refractivity contribution is 5.99. The lowest BCUT2D eigenvalue weighted by atomic mass is 9.79. The number of carboxylic acids is 1. The highest BCUT2D eigenvalue weighted by atomic mass is 19.1. The fourth-order valence-corrected chi connectivity index (χ4v) is 3.02. The number of halogens is 1. The Balaban J connectivity index is 1.93. The van der Waals surface area contributed by atoms with Gasteiger partial charge in [0.2, 0.25) is 5.91 Å².